The summed E-state index contributed by atoms with van der Waals surface area (Å²) in [5, 5.41) is 0. The molecule has 0 saturated heterocycles. The Labute approximate surface area is 122 Å². The van der Waals surface area contributed by atoms with E-state index in [-0.39, 0.29) is 68.9 Å². The predicted molar refractivity (Wildman–Crippen MR) is 38.5 cm³/mol. The molecule has 1 aromatic carbocycles. The second-order valence-corrected chi connectivity index (χ2v) is 2.60. The number of rotatable bonds is 0. The zero-order valence-corrected chi connectivity index (χ0v) is 12.8. The van der Waals surface area contributed by atoms with E-state index in [0.29, 0.717) is 0 Å². The average Bonchev–Trinajstić information content (AvgIpc) is 2.33. The van der Waals surface area contributed by atoms with E-state index in [1.165, 1.54) is 4.70 Å². The molecule has 1 nitrogen and oxygen atoms in total. The van der Waals surface area contributed by atoms with E-state index in [4.69, 9.17) is 0 Å². The van der Waals surface area contributed by atoms with Gasteiger partial charge in [0.1, 0.15) is 0 Å². The van der Waals surface area contributed by atoms with Crippen molar-refractivity contribution in [2.45, 2.75) is 0 Å². The first-order valence-corrected chi connectivity index (χ1v) is 3.50. The minimum Gasteiger partial charge on any atom is -0.386 e. The smallest absolute Gasteiger partial charge is 0.386 e. The second kappa shape index (κ2) is 4.25. The van der Waals surface area contributed by atoms with Gasteiger partial charge in [0, 0.05) is 0 Å². The molecule has 0 amide bonds. The monoisotopic (exact) mass is 267 g/mol. The molecule has 0 spiro atoms. The van der Waals surface area contributed by atoms with Crippen molar-refractivity contribution in [3.63, 3.8) is 0 Å². The third-order valence-corrected chi connectivity index (χ3v) is 1.93. The maximum absolute atomic E-state index is 4.01. The van der Waals surface area contributed by atoms with E-state index in [1.54, 1.807) is 11.3 Å². The Morgan fingerprint density at radius 2 is 2.10 bits per heavy atom. The van der Waals surface area contributed by atoms with Crippen LogP contribution < -0.4 is 68.9 Å². The van der Waals surface area contributed by atoms with Crippen LogP contribution in [0.3, 0.4) is 0 Å². The van der Waals surface area contributed by atoms with Crippen LogP contribution in [-0.4, -0.2) is 4.98 Å². The van der Waals surface area contributed by atoms with Crippen LogP contribution in [-0.2, 0) is 0 Å². The first kappa shape index (κ1) is 9.25. The van der Waals surface area contributed by atoms with Crippen LogP contribution in [0.1, 0.15) is 0 Å². The van der Waals surface area contributed by atoms with Crippen LogP contribution in [0.5, 0.6) is 0 Å². The molecule has 0 aliphatic carbocycles. The summed E-state index contributed by atoms with van der Waals surface area (Å²) in [6, 6.07) is 8.02. The van der Waals surface area contributed by atoms with Gasteiger partial charge in [0.2, 0.25) is 0 Å². The van der Waals surface area contributed by atoms with Gasteiger partial charge in [0.25, 0.3) is 0 Å². The number of para-hydroxylation sites is 1. The molecule has 0 fully saturated rings. The van der Waals surface area contributed by atoms with Gasteiger partial charge in [-0.15, -0.1) is 16.8 Å². The van der Waals surface area contributed by atoms with Crippen molar-refractivity contribution < 1.29 is 68.9 Å². The molecule has 0 radical (unpaired) electrons. The molecule has 0 bridgehead atoms. The quantitative estimate of drug-likeness (QED) is 0.564. The Morgan fingerprint density at radius 3 is 2.90 bits per heavy atom. The van der Waals surface area contributed by atoms with Crippen molar-refractivity contribution in [3.05, 3.63) is 29.8 Å². The van der Waals surface area contributed by atoms with E-state index in [0.717, 1.165) is 5.52 Å². The molecule has 10 heavy (non-hydrogen) atoms. The minimum absolute atomic E-state index is 0. The van der Waals surface area contributed by atoms with E-state index in [1.807, 2.05) is 24.3 Å². The maximum Gasteiger partial charge on any atom is 1.00 e. The van der Waals surface area contributed by atoms with Crippen molar-refractivity contribution in [2.75, 3.05) is 0 Å². The molecule has 2 rings (SSSR count). The van der Waals surface area contributed by atoms with E-state index in [9.17, 15) is 0 Å². The number of aromatic nitrogens is 1. The van der Waals surface area contributed by atoms with Gasteiger partial charge in [0.15, 0.2) is 0 Å². The van der Waals surface area contributed by atoms with Crippen LogP contribution in [0.15, 0.2) is 24.3 Å². The van der Waals surface area contributed by atoms with Crippen molar-refractivity contribution in [1.82, 2.24) is 4.98 Å². The normalized spacial score (nSPS) is 9.20. The summed E-state index contributed by atoms with van der Waals surface area (Å²) in [5.41, 5.74) is 3.87. The average molecular weight is 267 g/mol. The van der Waals surface area contributed by atoms with Crippen LogP contribution in [0.4, 0.5) is 0 Å². The number of fused-ring (bicyclic) bond motifs is 1. The first-order chi connectivity index (χ1) is 4.47. The Morgan fingerprint density at radius 1 is 1.30 bits per heavy atom. The number of benzene rings is 1. The predicted octanol–water partition coefficient (Wildman–Crippen LogP) is -0.900. The zero-order chi connectivity index (χ0) is 6.10. The third kappa shape index (κ3) is 1.85. The van der Waals surface area contributed by atoms with Crippen molar-refractivity contribution >= 4 is 21.6 Å². The number of thiazole rings is 1. The van der Waals surface area contributed by atoms with Gasteiger partial charge >= 0.3 is 68.9 Å². The van der Waals surface area contributed by atoms with Gasteiger partial charge in [-0.05, 0) is 5.51 Å². The molecule has 1 aromatic heterocycles. The summed E-state index contributed by atoms with van der Waals surface area (Å²) in [5.74, 6) is 0. The molecule has 0 saturated carbocycles. The fourth-order valence-corrected chi connectivity index (χ4v) is 1.36. The molecular formula is C7H4CsNS. The molecule has 0 aliphatic heterocycles. The summed E-state index contributed by atoms with van der Waals surface area (Å²) in [6.07, 6.45) is 0. The fourth-order valence-electron chi connectivity index (χ4n) is 0.757. The number of hydrogen-bond donors (Lipinski definition) is 0. The van der Waals surface area contributed by atoms with Gasteiger partial charge in [0.05, 0.1) is 0 Å². The number of nitrogens with zero attached hydrogens (tertiary/aromatic N) is 1. The Kier molecular flexibility index (Phi) is 3.93. The van der Waals surface area contributed by atoms with Gasteiger partial charge < -0.3 is 4.98 Å². The molecule has 0 atom stereocenters. The Bertz CT molecular complexity index is 288. The molecule has 3 heteroatoms. The minimum atomic E-state index is 0. The van der Waals surface area contributed by atoms with Crippen molar-refractivity contribution in [3.8, 4) is 0 Å². The molecule has 0 aliphatic rings. The van der Waals surface area contributed by atoms with Gasteiger partial charge in [-0.25, -0.2) is 0 Å². The summed E-state index contributed by atoms with van der Waals surface area (Å²) in [4.78, 5) is 4.01. The molecule has 44 valence electrons. The zero-order valence-electron chi connectivity index (χ0n) is 5.66. The van der Waals surface area contributed by atoms with Gasteiger partial charge in [-0.3, -0.25) is 11.3 Å². The van der Waals surface area contributed by atoms with Crippen molar-refractivity contribution in [2.24, 2.45) is 0 Å². The molecule has 2 aromatic rings. The van der Waals surface area contributed by atoms with E-state index >= 15 is 0 Å². The number of hydrogen-bond acceptors (Lipinski definition) is 2. The Balaban J connectivity index is 0.000000500. The summed E-state index contributed by atoms with van der Waals surface area (Å²) < 4.78 is 1.21. The topological polar surface area (TPSA) is 12.9 Å². The summed E-state index contributed by atoms with van der Waals surface area (Å²) in [6.45, 7) is 0. The Hall–Kier alpha value is 1.16. The van der Waals surface area contributed by atoms with Crippen LogP contribution in [0, 0.1) is 5.51 Å². The summed E-state index contributed by atoms with van der Waals surface area (Å²) >= 11 is 1.55. The van der Waals surface area contributed by atoms with Crippen LogP contribution in [0.2, 0.25) is 0 Å². The molecule has 1 heterocycles. The molecule has 0 N–H and O–H groups in total. The summed E-state index contributed by atoms with van der Waals surface area (Å²) in [7, 11) is 0. The van der Waals surface area contributed by atoms with Crippen molar-refractivity contribution in [1.29, 1.82) is 0 Å². The first-order valence-electron chi connectivity index (χ1n) is 2.68. The molecule has 0 unspecified atom stereocenters. The van der Waals surface area contributed by atoms with Gasteiger partial charge in [-0.2, -0.15) is 0 Å². The van der Waals surface area contributed by atoms with Gasteiger partial charge in [-0.1, -0.05) is 17.6 Å². The SMILES string of the molecule is [Cs+].[c-]1nc2ccccc2s1. The second-order valence-electron chi connectivity index (χ2n) is 1.77. The largest absolute Gasteiger partial charge is 1.00 e. The van der Waals surface area contributed by atoms with E-state index in [2.05, 4.69) is 10.5 Å². The van der Waals surface area contributed by atoms with Crippen LogP contribution in [0.25, 0.3) is 10.2 Å². The molecular weight excluding hydrogens is 263 g/mol. The standard InChI is InChI=1S/C7H4NS.Cs/c1-2-4-7-6(3-1)8-5-9-7;/h1-4H;/q-1;+1. The maximum atomic E-state index is 4.01. The fraction of sp³-hybridized carbons (Fsp3) is 0. The van der Waals surface area contributed by atoms with E-state index < -0.39 is 0 Å². The third-order valence-electron chi connectivity index (χ3n) is 1.19. The van der Waals surface area contributed by atoms with Crippen LogP contribution >= 0.6 is 11.3 Å².